The first-order valence-corrected chi connectivity index (χ1v) is 6.50. The quantitative estimate of drug-likeness (QED) is 0.844. The van der Waals surface area contributed by atoms with Gasteiger partial charge in [0.15, 0.2) is 0 Å². The number of aromatic nitrogens is 2. The highest BCUT2D eigenvalue weighted by Gasteiger charge is 2.05. The lowest BCUT2D eigenvalue weighted by Gasteiger charge is -2.15. The van der Waals surface area contributed by atoms with Crippen LogP contribution < -0.4 is 0 Å². The minimum Gasteiger partial charge on any atom is -0.296 e. The van der Waals surface area contributed by atoms with E-state index in [-0.39, 0.29) is 0 Å². The standard InChI is InChI=1S/C13H14N4S/c1-10-16-13(9-18-10)8-17(2)7-11-3-4-15-12(5-11)6-14/h3-5,9H,7-8H2,1-2H3. The van der Waals surface area contributed by atoms with Gasteiger partial charge >= 0.3 is 0 Å². The number of hydrogen-bond acceptors (Lipinski definition) is 5. The van der Waals surface area contributed by atoms with Crippen LogP contribution in [0.25, 0.3) is 0 Å². The van der Waals surface area contributed by atoms with Gasteiger partial charge in [0.2, 0.25) is 0 Å². The lowest BCUT2D eigenvalue weighted by atomic mass is 10.2. The molecule has 2 rings (SSSR count). The molecule has 0 atom stereocenters. The van der Waals surface area contributed by atoms with Crippen LogP contribution in [0.5, 0.6) is 0 Å². The molecule has 0 saturated heterocycles. The SMILES string of the molecule is Cc1nc(CN(C)Cc2ccnc(C#N)c2)cs1. The smallest absolute Gasteiger partial charge is 0.140 e. The van der Waals surface area contributed by atoms with Gasteiger partial charge in [-0.15, -0.1) is 11.3 Å². The first kappa shape index (κ1) is 12.7. The molecule has 2 heterocycles. The molecule has 2 aromatic heterocycles. The van der Waals surface area contributed by atoms with E-state index in [0.29, 0.717) is 5.69 Å². The Bertz CT molecular complexity index is 570. The zero-order valence-electron chi connectivity index (χ0n) is 10.4. The Labute approximate surface area is 111 Å². The fraction of sp³-hybridized carbons (Fsp3) is 0.308. The monoisotopic (exact) mass is 258 g/mol. The summed E-state index contributed by atoms with van der Waals surface area (Å²) in [6.07, 6.45) is 1.68. The zero-order chi connectivity index (χ0) is 13.0. The maximum absolute atomic E-state index is 8.80. The van der Waals surface area contributed by atoms with Gasteiger partial charge in [-0.1, -0.05) is 0 Å². The van der Waals surface area contributed by atoms with Crippen molar-refractivity contribution in [3.05, 3.63) is 45.7 Å². The molecule has 0 spiro atoms. The van der Waals surface area contributed by atoms with Crippen LogP contribution in [0, 0.1) is 18.3 Å². The molecule has 0 N–H and O–H groups in total. The van der Waals surface area contributed by atoms with Gasteiger partial charge in [0, 0.05) is 24.7 Å². The highest BCUT2D eigenvalue weighted by Crippen LogP contribution is 2.11. The molecule has 4 nitrogen and oxygen atoms in total. The van der Waals surface area contributed by atoms with Crippen LogP contribution in [0.3, 0.4) is 0 Å². The molecule has 5 heteroatoms. The largest absolute Gasteiger partial charge is 0.296 e. The highest BCUT2D eigenvalue weighted by atomic mass is 32.1. The fourth-order valence-electron chi connectivity index (χ4n) is 1.76. The third kappa shape index (κ3) is 3.36. The Balaban J connectivity index is 1.98. The van der Waals surface area contributed by atoms with E-state index in [0.717, 1.165) is 29.4 Å². The van der Waals surface area contributed by atoms with Crippen LogP contribution in [0.15, 0.2) is 23.7 Å². The lowest BCUT2D eigenvalue weighted by molar-refractivity contribution is 0.315. The molecule has 0 aliphatic carbocycles. The van der Waals surface area contributed by atoms with Crippen molar-refractivity contribution in [3.63, 3.8) is 0 Å². The number of pyridine rings is 1. The summed E-state index contributed by atoms with van der Waals surface area (Å²) in [6.45, 7) is 3.61. The van der Waals surface area contributed by atoms with Gasteiger partial charge < -0.3 is 0 Å². The molecular weight excluding hydrogens is 244 g/mol. The van der Waals surface area contributed by atoms with E-state index in [4.69, 9.17) is 5.26 Å². The summed E-state index contributed by atoms with van der Waals surface area (Å²) in [5.74, 6) is 0. The van der Waals surface area contributed by atoms with Crippen LogP contribution in [0.2, 0.25) is 0 Å². The Kier molecular flexibility index (Phi) is 4.03. The van der Waals surface area contributed by atoms with Gasteiger partial charge in [-0.05, 0) is 31.7 Å². The molecule has 0 aliphatic heterocycles. The molecule has 0 saturated carbocycles. The molecular formula is C13H14N4S. The maximum atomic E-state index is 8.80. The maximum Gasteiger partial charge on any atom is 0.140 e. The summed E-state index contributed by atoms with van der Waals surface area (Å²) in [5, 5.41) is 12.0. The third-order valence-corrected chi connectivity index (χ3v) is 3.31. The van der Waals surface area contributed by atoms with Crippen LogP contribution in [-0.4, -0.2) is 21.9 Å². The summed E-state index contributed by atoms with van der Waals surface area (Å²) < 4.78 is 0. The lowest BCUT2D eigenvalue weighted by Crippen LogP contribution is -2.17. The summed E-state index contributed by atoms with van der Waals surface area (Å²) in [4.78, 5) is 10.6. The summed E-state index contributed by atoms with van der Waals surface area (Å²) in [5.41, 5.74) is 2.65. The number of nitriles is 1. The molecule has 0 aromatic carbocycles. The molecule has 92 valence electrons. The zero-order valence-corrected chi connectivity index (χ0v) is 11.2. The van der Waals surface area contributed by atoms with Crippen LogP contribution in [-0.2, 0) is 13.1 Å². The van der Waals surface area contributed by atoms with Crippen molar-refractivity contribution in [2.75, 3.05) is 7.05 Å². The van der Waals surface area contributed by atoms with Gasteiger partial charge in [-0.3, -0.25) is 4.90 Å². The van der Waals surface area contributed by atoms with Crippen molar-refractivity contribution in [1.82, 2.24) is 14.9 Å². The van der Waals surface area contributed by atoms with E-state index >= 15 is 0 Å². The molecule has 2 aromatic rings. The van der Waals surface area contributed by atoms with Gasteiger partial charge in [0.1, 0.15) is 11.8 Å². The van der Waals surface area contributed by atoms with E-state index in [1.54, 1.807) is 17.5 Å². The third-order valence-electron chi connectivity index (χ3n) is 2.49. The molecule has 0 aliphatic rings. The molecule has 18 heavy (non-hydrogen) atoms. The van der Waals surface area contributed by atoms with Crippen molar-refractivity contribution < 1.29 is 0 Å². The van der Waals surface area contributed by atoms with Crippen molar-refractivity contribution in [2.24, 2.45) is 0 Å². The average Bonchev–Trinajstić information content (AvgIpc) is 2.74. The normalized spacial score (nSPS) is 10.6. The van der Waals surface area contributed by atoms with Crippen LogP contribution in [0.1, 0.15) is 22.0 Å². The number of hydrogen-bond donors (Lipinski definition) is 0. The molecule has 0 amide bonds. The van der Waals surface area contributed by atoms with E-state index in [9.17, 15) is 0 Å². The van der Waals surface area contributed by atoms with Gasteiger partial charge in [-0.2, -0.15) is 5.26 Å². The second-order valence-corrected chi connectivity index (χ2v) is 5.25. The van der Waals surface area contributed by atoms with Crippen LogP contribution in [0.4, 0.5) is 0 Å². The van der Waals surface area contributed by atoms with Crippen molar-refractivity contribution in [3.8, 4) is 6.07 Å². The first-order valence-electron chi connectivity index (χ1n) is 5.62. The number of thiazole rings is 1. The topological polar surface area (TPSA) is 52.8 Å². The molecule has 0 radical (unpaired) electrons. The minimum atomic E-state index is 0.463. The Morgan fingerprint density at radius 1 is 1.44 bits per heavy atom. The van der Waals surface area contributed by atoms with Gasteiger partial charge in [0.25, 0.3) is 0 Å². The van der Waals surface area contributed by atoms with E-state index in [1.165, 1.54) is 0 Å². The summed E-state index contributed by atoms with van der Waals surface area (Å²) >= 11 is 1.67. The minimum absolute atomic E-state index is 0.463. The van der Waals surface area contributed by atoms with Crippen molar-refractivity contribution in [1.29, 1.82) is 5.26 Å². The van der Waals surface area contributed by atoms with Gasteiger partial charge in [-0.25, -0.2) is 9.97 Å². The summed E-state index contributed by atoms with van der Waals surface area (Å²) in [7, 11) is 2.04. The second kappa shape index (κ2) is 5.71. The fourth-order valence-corrected chi connectivity index (χ4v) is 2.36. The van der Waals surface area contributed by atoms with Crippen molar-refractivity contribution in [2.45, 2.75) is 20.0 Å². The van der Waals surface area contributed by atoms with E-state index in [1.807, 2.05) is 26.1 Å². The Morgan fingerprint density at radius 3 is 2.94 bits per heavy atom. The molecule has 0 unspecified atom stereocenters. The average molecular weight is 258 g/mol. The Morgan fingerprint density at radius 2 is 2.28 bits per heavy atom. The predicted molar refractivity (Wildman–Crippen MR) is 71.0 cm³/mol. The number of nitrogens with zero attached hydrogens (tertiary/aromatic N) is 4. The summed E-state index contributed by atoms with van der Waals surface area (Å²) in [6, 6.07) is 5.81. The van der Waals surface area contributed by atoms with E-state index in [2.05, 4.69) is 26.3 Å². The van der Waals surface area contributed by atoms with E-state index < -0.39 is 0 Å². The number of aryl methyl sites for hydroxylation is 1. The molecule has 0 bridgehead atoms. The second-order valence-electron chi connectivity index (χ2n) is 4.19. The highest BCUT2D eigenvalue weighted by molar-refractivity contribution is 7.09. The van der Waals surface area contributed by atoms with Crippen molar-refractivity contribution >= 4 is 11.3 Å². The number of rotatable bonds is 4. The molecule has 0 fully saturated rings. The first-order chi connectivity index (χ1) is 8.67. The predicted octanol–water partition coefficient (Wildman–Crippen LogP) is 2.35. The van der Waals surface area contributed by atoms with Gasteiger partial charge in [0.05, 0.1) is 10.7 Å². The Hall–Kier alpha value is -1.77. The van der Waals surface area contributed by atoms with Crippen LogP contribution >= 0.6 is 11.3 Å².